The van der Waals surface area contributed by atoms with Crippen LogP contribution < -0.4 is 0 Å². The summed E-state index contributed by atoms with van der Waals surface area (Å²) in [6.45, 7) is 2.96. The van der Waals surface area contributed by atoms with Gasteiger partial charge in [0.25, 0.3) is 0 Å². The summed E-state index contributed by atoms with van der Waals surface area (Å²) in [5.41, 5.74) is 0. The van der Waals surface area contributed by atoms with E-state index in [0.29, 0.717) is 0 Å². The molecule has 1 heterocycles. The van der Waals surface area contributed by atoms with Gasteiger partial charge >= 0.3 is 0 Å². The third-order valence-corrected chi connectivity index (χ3v) is 1.19. The molecule has 44 valence electrons. The summed E-state index contributed by atoms with van der Waals surface area (Å²) in [6, 6.07) is 1.87. The molecule has 0 amide bonds. The van der Waals surface area contributed by atoms with Crippen molar-refractivity contribution in [3.63, 3.8) is 0 Å². The van der Waals surface area contributed by atoms with Crippen LogP contribution in [0.5, 0.6) is 0 Å². The van der Waals surface area contributed by atoms with Crippen LogP contribution in [0.3, 0.4) is 0 Å². The molecule has 2 nitrogen and oxygen atoms in total. The van der Waals surface area contributed by atoms with E-state index in [2.05, 4.69) is 17.7 Å². The smallest absolute Gasteiger partial charge is 0.115 e. The van der Waals surface area contributed by atoms with Gasteiger partial charge in [0.15, 0.2) is 0 Å². The lowest BCUT2D eigenvalue weighted by atomic mass is 10.7. The first-order chi connectivity index (χ1) is 3.83. The Bertz CT molecular complexity index is 171. The molecule has 0 aliphatic rings. The zero-order chi connectivity index (χ0) is 5.98. The van der Waals surface area contributed by atoms with Crippen LogP contribution in [0.4, 0.5) is 0 Å². The van der Waals surface area contributed by atoms with Crippen molar-refractivity contribution in [3.05, 3.63) is 12.3 Å². The summed E-state index contributed by atoms with van der Waals surface area (Å²) in [5.74, 6) is 0. The molecular formula is C5H8N2S. The van der Waals surface area contributed by atoms with Crippen LogP contribution in [0.2, 0.25) is 0 Å². The Morgan fingerprint density at radius 2 is 2.62 bits per heavy atom. The molecule has 0 atom stereocenters. The maximum atomic E-state index is 4.03. The second kappa shape index (κ2) is 2.22. The predicted molar refractivity (Wildman–Crippen MR) is 35.2 cm³/mol. The molecule has 0 unspecified atom stereocenters. The molecule has 0 aliphatic carbocycles. The van der Waals surface area contributed by atoms with Crippen molar-refractivity contribution in [2.75, 3.05) is 0 Å². The van der Waals surface area contributed by atoms with Crippen LogP contribution in [0.25, 0.3) is 0 Å². The van der Waals surface area contributed by atoms with Gasteiger partial charge in [0.05, 0.1) is 0 Å². The van der Waals surface area contributed by atoms with Gasteiger partial charge in [-0.25, -0.2) is 0 Å². The highest BCUT2D eigenvalue weighted by Crippen LogP contribution is 1.98. The Labute approximate surface area is 53.9 Å². The number of aromatic nitrogens is 2. The Hall–Kier alpha value is -0.440. The van der Waals surface area contributed by atoms with Crippen LogP contribution in [-0.4, -0.2) is 9.78 Å². The average molecular weight is 128 g/mol. The molecule has 0 bridgehead atoms. The Kier molecular flexibility index (Phi) is 1.58. The van der Waals surface area contributed by atoms with Gasteiger partial charge in [-0.05, 0) is 13.0 Å². The first-order valence-electron chi connectivity index (χ1n) is 2.55. The fourth-order valence-electron chi connectivity index (χ4n) is 0.527. The highest BCUT2D eigenvalue weighted by molar-refractivity contribution is 7.80. The van der Waals surface area contributed by atoms with Gasteiger partial charge in [-0.3, -0.25) is 4.68 Å². The van der Waals surface area contributed by atoms with E-state index in [9.17, 15) is 0 Å². The van der Waals surface area contributed by atoms with Gasteiger partial charge in [-0.2, -0.15) is 5.10 Å². The maximum Gasteiger partial charge on any atom is 0.115 e. The van der Waals surface area contributed by atoms with Crippen LogP contribution in [0.1, 0.15) is 6.92 Å². The van der Waals surface area contributed by atoms with Gasteiger partial charge in [-0.15, -0.1) is 12.6 Å². The van der Waals surface area contributed by atoms with E-state index in [1.165, 1.54) is 0 Å². The molecule has 3 heteroatoms. The van der Waals surface area contributed by atoms with E-state index in [-0.39, 0.29) is 0 Å². The maximum absolute atomic E-state index is 4.03. The van der Waals surface area contributed by atoms with Crippen molar-refractivity contribution >= 4 is 12.6 Å². The second-order valence-corrected chi connectivity index (χ2v) is 1.99. The van der Waals surface area contributed by atoms with E-state index in [0.717, 1.165) is 11.6 Å². The van der Waals surface area contributed by atoms with Crippen molar-refractivity contribution < 1.29 is 0 Å². The summed E-state index contributed by atoms with van der Waals surface area (Å²) in [6.07, 6.45) is 1.91. The van der Waals surface area contributed by atoms with Crippen molar-refractivity contribution in [3.8, 4) is 0 Å². The zero-order valence-electron chi connectivity index (χ0n) is 4.70. The third-order valence-electron chi connectivity index (χ3n) is 0.951. The first-order valence-corrected chi connectivity index (χ1v) is 3.00. The molecule has 8 heavy (non-hydrogen) atoms. The summed E-state index contributed by atoms with van der Waals surface area (Å²) >= 11 is 4.03. The van der Waals surface area contributed by atoms with Crippen LogP contribution in [0, 0.1) is 0 Å². The van der Waals surface area contributed by atoms with Crippen LogP contribution in [-0.2, 0) is 6.54 Å². The topological polar surface area (TPSA) is 17.8 Å². The SMILES string of the molecule is CCn1ccc(S)n1. The van der Waals surface area contributed by atoms with E-state index in [1.807, 2.05) is 23.9 Å². The largest absolute Gasteiger partial charge is 0.272 e. The molecule has 1 rings (SSSR count). The average Bonchev–Trinajstić information content (AvgIpc) is 2.14. The van der Waals surface area contributed by atoms with Gasteiger partial charge in [0, 0.05) is 12.7 Å². The lowest BCUT2D eigenvalue weighted by Crippen LogP contribution is -1.92. The number of rotatable bonds is 1. The molecule has 0 fully saturated rings. The third kappa shape index (κ3) is 1.04. The fraction of sp³-hybridized carbons (Fsp3) is 0.400. The van der Waals surface area contributed by atoms with E-state index in [4.69, 9.17) is 0 Å². The Balaban J connectivity index is 2.84. The fourth-order valence-corrected chi connectivity index (χ4v) is 0.709. The van der Waals surface area contributed by atoms with E-state index < -0.39 is 0 Å². The van der Waals surface area contributed by atoms with Gasteiger partial charge in [-0.1, -0.05) is 0 Å². The highest BCUT2D eigenvalue weighted by atomic mass is 32.1. The molecule has 0 aliphatic heterocycles. The molecule has 0 aromatic carbocycles. The number of nitrogens with zero attached hydrogens (tertiary/aromatic N) is 2. The molecule has 0 N–H and O–H groups in total. The van der Waals surface area contributed by atoms with Crippen molar-refractivity contribution in [1.82, 2.24) is 9.78 Å². The lowest BCUT2D eigenvalue weighted by Gasteiger charge is -1.88. The van der Waals surface area contributed by atoms with Crippen LogP contribution in [0.15, 0.2) is 17.3 Å². The number of aryl methyl sites for hydroxylation is 1. The minimum Gasteiger partial charge on any atom is -0.272 e. The summed E-state index contributed by atoms with van der Waals surface area (Å²) < 4.78 is 1.84. The van der Waals surface area contributed by atoms with Gasteiger partial charge in [0.1, 0.15) is 5.03 Å². The first kappa shape index (κ1) is 5.69. The number of thiol groups is 1. The lowest BCUT2D eigenvalue weighted by molar-refractivity contribution is 0.642. The molecule has 0 saturated heterocycles. The minimum absolute atomic E-state index is 0.784. The second-order valence-electron chi connectivity index (χ2n) is 1.53. The molecule has 1 aromatic rings. The summed E-state index contributed by atoms with van der Waals surface area (Å²) in [4.78, 5) is 0. The highest BCUT2D eigenvalue weighted by Gasteiger charge is 1.87. The monoisotopic (exact) mass is 128 g/mol. The standard InChI is InChI=1S/C5H8N2S/c1-2-7-4-3-5(8)6-7/h3-4H,2H2,1H3,(H,6,8). The number of hydrogen-bond acceptors (Lipinski definition) is 2. The van der Waals surface area contributed by atoms with Crippen LogP contribution >= 0.6 is 12.6 Å². The van der Waals surface area contributed by atoms with Crippen molar-refractivity contribution in [2.45, 2.75) is 18.5 Å². The summed E-state index contributed by atoms with van der Waals surface area (Å²) in [5, 5.41) is 4.79. The van der Waals surface area contributed by atoms with Crippen molar-refractivity contribution in [2.24, 2.45) is 0 Å². The molecule has 0 saturated carbocycles. The molecule has 1 aromatic heterocycles. The van der Waals surface area contributed by atoms with Crippen molar-refractivity contribution in [1.29, 1.82) is 0 Å². The van der Waals surface area contributed by atoms with Gasteiger partial charge < -0.3 is 0 Å². The molecular weight excluding hydrogens is 120 g/mol. The van der Waals surface area contributed by atoms with Gasteiger partial charge in [0.2, 0.25) is 0 Å². The Morgan fingerprint density at radius 3 is 2.88 bits per heavy atom. The predicted octanol–water partition coefficient (Wildman–Crippen LogP) is 1.19. The molecule has 0 radical (unpaired) electrons. The van der Waals surface area contributed by atoms with E-state index >= 15 is 0 Å². The minimum atomic E-state index is 0.784. The Morgan fingerprint density at radius 1 is 1.88 bits per heavy atom. The number of hydrogen-bond donors (Lipinski definition) is 1. The normalized spacial score (nSPS) is 9.75. The van der Waals surface area contributed by atoms with E-state index in [1.54, 1.807) is 0 Å². The zero-order valence-corrected chi connectivity index (χ0v) is 5.60. The summed E-state index contributed by atoms with van der Waals surface area (Å²) in [7, 11) is 0. The molecule has 0 spiro atoms. The quantitative estimate of drug-likeness (QED) is 0.562.